The smallest absolute Gasteiger partial charge is 0.194 e. The number of hydrogen-bond donors (Lipinski definition) is 1. The first-order chi connectivity index (χ1) is 7.13. The molecule has 0 spiro atoms. The number of rotatable bonds is 2. The Morgan fingerprint density at radius 3 is 2.60 bits per heavy atom. The van der Waals surface area contributed by atoms with Crippen molar-refractivity contribution in [2.24, 2.45) is 0 Å². The molecule has 15 heavy (non-hydrogen) atoms. The standard InChI is InChI=1S/C11H14N2OS/c1-7-6-15-11(12-7)13-8(2)4-10(5-14)9(13)3/h4,6,14H,5H2,1-3H3. The maximum Gasteiger partial charge on any atom is 0.194 e. The Kier molecular flexibility index (Phi) is 2.63. The first kappa shape index (κ1) is 10.4. The van der Waals surface area contributed by atoms with Gasteiger partial charge in [-0.1, -0.05) is 0 Å². The minimum absolute atomic E-state index is 0.0873. The summed E-state index contributed by atoms with van der Waals surface area (Å²) in [7, 11) is 0. The van der Waals surface area contributed by atoms with E-state index in [0.29, 0.717) is 0 Å². The zero-order valence-corrected chi connectivity index (χ0v) is 9.93. The SMILES string of the molecule is Cc1csc(-n2c(C)cc(CO)c2C)n1. The van der Waals surface area contributed by atoms with Gasteiger partial charge in [0.2, 0.25) is 0 Å². The van der Waals surface area contributed by atoms with E-state index in [1.54, 1.807) is 11.3 Å². The van der Waals surface area contributed by atoms with Gasteiger partial charge in [-0.2, -0.15) is 0 Å². The second kappa shape index (κ2) is 3.79. The molecule has 2 aromatic heterocycles. The lowest BCUT2D eigenvalue weighted by Gasteiger charge is -2.04. The predicted molar refractivity (Wildman–Crippen MR) is 61.6 cm³/mol. The molecule has 3 nitrogen and oxygen atoms in total. The summed E-state index contributed by atoms with van der Waals surface area (Å²) in [5, 5.41) is 12.2. The first-order valence-corrected chi connectivity index (χ1v) is 5.72. The second-order valence-corrected chi connectivity index (χ2v) is 4.50. The molecule has 0 saturated carbocycles. The zero-order valence-electron chi connectivity index (χ0n) is 9.11. The maximum absolute atomic E-state index is 9.18. The Morgan fingerprint density at radius 2 is 2.13 bits per heavy atom. The highest BCUT2D eigenvalue weighted by Crippen LogP contribution is 2.23. The lowest BCUT2D eigenvalue weighted by atomic mass is 10.3. The van der Waals surface area contributed by atoms with Crippen LogP contribution in [0.3, 0.4) is 0 Å². The molecular weight excluding hydrogens is 208 g/mol. The zero-order chi connectivity index (χ0) is 11.0. The minimum Gasteiger partial charge on any atom is -0.392 e. The van der Waals surface area contributed by atoms with E-state index in [2.05, 4.69) is 9.55 Å². The lowest BCUT2D eigenvalue weighted by molar-refractivity contribution is 0.281. The van der Waals surface area contributed by atoms with Crippen LogP contribution in [0.25, 0.3) is 5.13 Å². The summed E-state index contributed by atoms with van der Waals surface area (Å²) >= 11 is 1.63. The molecule has 0 amide bonds. The van der Waals surface area contributed by atoms with Crippen LogP contribution in [0.15, 0.2) is 11.4 Å². The van der Waals surface area contributed by atoms with E-state index >= 15 is 0 Å². The molecule has 2 rings (SSSR count). The predicted octanol–water partition coefficient (Wildman–Crippen LogP) is 2.35. The van der Waals surface area contributed by atoms with E-state index in [0.717, 1.165) is 27.8 Å². The Labute approximate surface area is 93.0 Å². The Morgan fingerprint density at radius 1 is 1.40 bits per heavy atom. The van der Waals surface area contributed by atoms with Crippen molar-refractivity contribution in [2.75, 3.05) is 0 Å². The van der Waals surface area contributed by atoms with Crippen molar-refractivity contribution in [1.82, 2.24) is 9.55 Å². The van der Waals surface area contributed by atoms with Gasteiger partial charge in [-0.05, 0) is 32.4 Å². The monoisotopic (exact) mass is 222 g/mol. The molecule has 80 valence electrons. The molecule has 0 radical (unpaired) electrons. The Bertz CT molecular complexity index is 485. The third-order valence-electron chi connectivity index (χ3n) is 2.50. The molecule has 2 aromatic rings. The van der Waals surface area contributed by atoms with Crippen LogP contribution in [0.2, 0.25) is 0 Å². The van der Waals surface area contributed by atoms with E-state index < -0.39 is 0 Å². The van der Waals surface area contributed by atoms with Gasteiger partial charge in [0.15, 0.2) is 5.13 Å². The van der Waals surface area contributed by atoms with Crippen LogP contribution in [-0.4, -0.2) is 14.7 Å². The molecule has 0 unspecified atom stereocenters. The van der Waals surface area contributed by atoms with Gasteiger partial charge < -0.3 is 5.11 Å². The molecule has 1 N–H and O–H groups in total. The van der Waals surface area contributed by atoms with Crippen molar-refractivity contribution in [3.05, 3.63) is 34.1 Å². The lowest BCUT2D eigenvalue weighted by Crippen LogP contribution is -1.99. The van der Waals surface area contributed by atoms with Crippen LogP contribution in [0.1, 0.15) is 22.6 Å². The van der Waals surface area contributed by atoms with E-state index in [1.165, 1.54) is 0 Å². The van der Waals surface area contributed by atoms with Crippen LogP contribution < -0.4 is 0 Å². The van der Waals surface area contributed by atoms with E-state index in [-0.39, 0.29) is 6.61 Å². The molecule has 0 saturated heterocycles. The van der Waals surface area contributed by atoms with Gasteiger partial charge in [0.25, 0.3) is 0 Å². The maximum atomic E-state index is 9.18. The molecule has 0 aromatic carbocycles. The summed E-state index contributed by atoms with van der Waals surface area (Å²) in [6, 6.07) is 2.01. The quantitative estimate of drug-likeness (QED) is 0.847. The van der Waals surface area contributed by atoms with Crippen LogP contribution in [0.5, 0.6) is 0 Å². The fourth-order valence-electron chi connectivity index (χ4n) is 1.73. The van der Waals surface area contributed by atoms with E-state index in [1.807, 2.05) is 32.2 Å². The molecular formula is C11H14N2OS. The summed E-state index contributed by atoms with van der Waals surface area (Å²) < 4.78 is 2.09. The summed E-state index contributed by atoms with van der Waals surface area (Å²) in [5.41, 5.74) is 4.20. The van der Waals surface area contributed by atoms with Crippen molar-refractivity contribution in [3.8, 4) is 5.13 Å². The summed E-state index contributed by atoms with van der Waals surface area (Å²) in [6.45, 7) is 6.11. The van der Waals surface area contributed by atoms with Gasteiger partial charge in [0, 0.05) is 16.8 Å². The molecule has 0 fully saturated rings. The van der Waals surface area contributed by atoms with Crippen molar-refractivity contribution in [1.29, 1.82) is 0 Å². The number of aliphatic hydroxyl groups is 1. The van der Waals surface area contributed by atoms with Crippen molar-refractivity contribution in [2.45, 2.75) is 27.4 Å². The highest BCUT2D eigenvalue weighted by molar-refractivity contribution is 7.12. The number of aliphatic hydroxyl groups excluding tert-OH is 1. The third-order valence-corrected chi connectivity index (χ3v) is 3.45. The van der Waals surface area contributed by atoms with Gasteiger partial charge in [-0.3, -0.25) is 4.57 Å². The second-order valence-electron chi connectivity index (χ2n) is 3.66. The van der Waals surface area contributed by atoms with E-state index in [4.69, 9.17) is 0 Å². The van der Waals surface area contributed by atoms with Gasteiger partial charge in [0.05, 0.1) is 12.3 Å². The number of nitrogens with zero attached hydrogens (tertiary/aromatic N) is 2. The van der Waals surface area contributed by atoms with Crippen molar-refractivity contribution >= 4 is 11.3 Å². The topological polar surface area (TPSA) is 38.0 Å². The third kappa shape index (κ3) is 1.70. The highest BCUT2D eigenvalue weighted by atomic mass is 32.1. The molecule has 0 aliphatic carbocycles. The Hall–Kier alpha value is -1.13. The summed E-state index contributed by atoms with van der Waals surface area (Å²) in [4.78, 5) is 4.45. The first-order valence-electron chi connectivity index (χ1n) is 4.84. The minimum atomic E-state index is 0.0873. The summed E-state index contributed by atoms with van der Waals surface area (Å²) in [6.07, 6.45) is 0. The van der Waals surface area contributed by atoms with Gasteiger partial charge in [-0.15, -0.1) is 11.3 Å². The highest BCUT2D eigenvalue weighted by Gasteiger charge is 2.11. The summed E-state index contributed by atoms with van der Waals surface area (Å²) in [5.74, 6) is 0. The Balaban J connectivity index is 2.57. The fraction of sp³-hybridized carbons (Fsp3) is 0.364. The molecule has 0 aliphatic heterocycles. The number of thiazole rings is 1. The average molecular weight is 222 g/mol. The van der Waals surface area contributed by atoms with Gasteiger partial charge >= 0.3 is 0 Å². The fourth-order valence-corrected chi connectivity index (χ4v) is 2.64. The normalized spacial score (nSPS) is 10.9. The van der Waals surface area contributed by atoms with E-state index in [9.17, 15) is 5.11 Å². The van der Waals surface area contributed by atoms with Crippen LogP contribution in [0.4, 0.5) is 0 Å². The average Bonchev–Trinajstić information content (AvgIpc) is 2.71. The van der Waals surface area contributed by atoms with Crippen LogP contribution in [-0.2, 0) is 6.61 Å². The van der Waals surface area contributed by atoms with Crippen LogP contribution >= 0.6 is 11.3 Å². The van der Waals surface area contributed by atoms with Crippen LogP contribution in [0, 0.1) is 20.8 Å². The van der Waals surface area contributed by atoms with Gasteiger partial charge in [0.1, 0.15) is 0 Å². The molecule has 4 heteroatoms. The molecule has 0 aliphatic rings. The van der Waals surface area contributed by atoms with Crippen molar-refractivity contribution in [3.63, 3.8) is 0 Å². The number of aromatic nitrogens is 2. The molecule has 0 atom stereocenters. The molecule has 2 heterocycles. The van der Waals surface area contributed by atoms with Crippen molar-refractivity contribution < 1.29 is 5.11 Å². The van der Waals surface area contributed by atoms with Gasteiger partial charge in [-0.25, -0.2) is 4.98 Å². The molecule has 0 bridgehead atoms. The largest absolute Gasteiger partial charge is 0.392 e. The number of hydrogen-bond acceptors (Lipinski definition) is 3. The number of aryl methyl sites for hydroxylation is 2.